The van der Waals surface area contributed by atoms with Gasteiger partial charge in [0.1, 0.15) is 0 Å². The zero-order valence-electron chi connectivity index (χ0n) is 11.4. The number of hydrogen-bond acceptors (Lipinski definition) is 2. The molecular formula is C14H22NO2P. The maximum Gasteiger partial charge on any atom is 0.277 e. The van der Waals surface area contributed by atoms with Crippen LogP contribution >= 0.6 is 7.52 Å². The molecule has 0 saturated carbocycles. The van der Waals surface area contributed by atoms with Crippen LogP contribution in [0.2, 0.25) is 0 Å². The van der Waals surface area contributed by atoms with E-state index in [1.54, 1.807) is 0 Å². The van der Waals surface area contributed by atoms with E-state index in [-0.39, 0.29) is 12.1 Å². The molecule has 1 aromatic carbocycles. The second-order valence-corrected chi connectivity index (χ2v) is 7.56. The van der Waals surface area contributed by atoms with E-state index in [9.17, 15) is 4.57 Å². The van der Waals surface area contributed by atoms with E-state index in [2.05, 4.69) is 13.8 Å². The smallest absolute Gasteiger partial charge is 0.277 e. The molecule has 0 radical (unpaired) electrons. The van der Waals surface area contributed by atoms with E-state index in [1.165, 1.54) is 0 Å². The van der Waals surface area contributed by atoms with Crippen molar-refractivity contribution in [3.05, 3.63) is 35.9 Å². The summed E-state index contributed by atoms with van der Waals surface area (Å²) in [5.74, 6) is 0. The van der Waals surface area contributed by atoms with Gasteiger partial charge in [-0.15, -0.1) is 0 Å². The summed E-state index contributed by atoms with van der Waals surface area (Å²) in [4.78, 5) is 0. The molecule has 100 valence electrons. The van der Waals surface area contributed by atoms with Crippen molar-refractivity contribution in [3.63, 3.8) is 0 Å². The normalized spacial score (nSPS) is 29.7. The first-order chi connectivity index (χ1) is 8.51. The summed E-state index contributed by atoms with van der Waals surface area (Å²) in [7, 11) is -2.72. The van der Waals surface area contributed by atoms with Gasteiger partial charge in [0, 0.05) is 12.6 Å². The number of benzene rings is 1. The Hall–Kier alpha value is -0.630. The Morgan fingerprint density at radius 3 is 2.67 bits per heavy atom. The van der Waals surface area contributed by atoms with Crippen molar-refractivity contribution in [2.24, 2.45) is 0 Å². The zero-order chi connectivity index (χ0) is 13.2. The Bertz CT molecular complexity index is 433. The largest absolute Gasteiger partial charge is 0.314 e. The van der Waals surface area contributed by atoms with E-state index in [0.717, 1.165) is 18.5 Å². The zero-order valence-corrected chi connectivity index (χ0v) is 12.3. The minimum atomic E-state index is -2.72. The fraction of sp³-hybridized carbons (Fsp3) is 0.571. The highest BCUT2D eigenvalue weighted by Gasteiger charge is 2.39. The molecule has 0 unspecified atom stereocenters. The summed E-state index contributed by atoms with van der Waals surface area (Å²) in [6.07, 6.45) is 1.56. The molecule has 4 heteroatoms. The van der Waals surface area contributed by atoms with Gasteiger partial charge in [-0.2, -0.15) is 0 Å². The Morgan fingerprint density at radius 1 is 1.39 bits per heavy atom. The predicted molar refractivity (Wildman–Crippen MR) is 74.8 cm³/mol. The van der Waals surface area contributed by atoms with Gasteiger partial charge in [0.25, 0.3) is 7.52 Å². The minimum Gasteiger partial charge on any atom is -0.314 e. The molecular weight excluding hydrogens is 245 g/mol. The number of rotatable bonds is 3. The number of hydrogen-bond donors (Lipinski definition) is 0. The summed E-state index contributed by atoms with van der Waals surface area (Å²) in [5.41, 5.74) is 1.08. The highest BCUT2D eigenvalue weighted by molar-refractivity contribution is 7.55. The Kier molecular flexibility index (Phi) is 4.26. The lowest BCUT2D eigenvalue weighted by Gasteiger charge is -2.40. The van der Waals surface area contributed by atoms with Crippen LogP contribution in [0.15, 0.2) is 30.3 Å². The third-order valence-electron chi connectivity index (χ3n) is 3.32. The van der Waals surface area contributed by atoms with Gasteiger partial charge in [-0.1, -0.05) is 30.3 Å². The molecule has 1 aliphatic rings. The second-order valence-electron chi connectivity index (χ2n) is 5.24. The Labute approximate surface area is 110 Å². The van der Waals surface area contributed by atoms with Crippen molar-refractivity contribution in [1.29, 1.82) is 0 Å². The van der Waals surface area contributed by atoms with Crippen LogP contribution in [0.4, 0.5) is 0 Å². The van der Waals surface area contributed by atoms with Gasteiger partial charge in [-0.25, -0.2) is 4.67 Å². The maximum absolute atomic E-state index is 13.1. The lowest BCUT2D eigenvalue weighted by molar-refractivity contribution is 0.127. The van der Waals surface area contributed by atoms with Crippen molar-refractivity contribution in [2.45, 2.75) is 45.5 Å². The summed E-state index contributed by atoms with van der Waals surface area (Å²) < 4.78 is 21.0. The quantitative estimate of drug-likeness (QED) is 0.778. The molecule has 0 bridgehead atoms. The SMILES string of the molecule is CC(C)N1CC[C@H](C)O[P@]1(=O)Cc1ccccc1. The summed E-state index contributed by atoms with van der Waals surface area (Å²) in [5, 5.41) is 0. The Morgan fingerprint density at radius 2 is 2.06 bits per heavy atom. The molecule has 1 aliphatic heterocycles. The third-order valence-corrected chi connectivity index (χ3v) is 6.22. The van der Waals surface area contributed by atoms with Crippen molar-refractivity contribution < 1.29 is 9.09 Å². The Balaban J connectivity index is 2.22. The molecule has 1 aromatic rings. The monoisotopic (exact) mass is 267 g/mol. The van der Waals surface area contributed by atoms with Crippen LogP contribution in [0.25, 0.3) is 0 Å². The molecule has 0 aromatic heterocycles. The molecule has 2 atom stereocenters. The lowest BCUT2D eigenvalue weighted by Crippen LogP contribution is -2.37. The van der Waals surface area contributed by atoms with Gasteiger partial charge in [0.2, 0.25) is 0 Å². The van der Waals surface area contributed by atoms with Gasteiger partial charge >= 0.3 is 0 Å². The predicted octanol–water partition coefficient (Wildman–Crippen LogP) is 3.90. The van der Waals surface area contributed by atoms with Crippen LogP contribution in [0.1, 0.15) is 32.8 Å². The van der Waals surface area contributed by atoms with Gasteiger partial charge in [-0.3, -0.25) is 4.57 Å². The molecule has 1 saturated heterocycles. The standard InChI is InChI=1S/C14H22NO2P/c1-12(2)15-10-9-13(3)17-18(15,16)11-14-7-5-4-6-8-14/h4-8,12-13H,9-11H2,1-3H3/t13-,18+/m0/s1. The van der Waals surface area contributed by atoms with Gasteiger partial charge in [0.15, 0.2) is 0 Å². The first-order valence-electron chi connectivity index (χ1n) is 6.60. The highest BCUT2D eigenvalue weighted by atomic mass is 31.2. The highest BCUT2D eigenvalue weighted by Crippen LogP contribution is 2.58. The van der Waals surface area contributed by atoms with Crippen LogP contribution in [-0.2, 0) is 15.3 Å². The molecule has 0 spiro atoms. The average Bonchev–Trinajstić information content (AvgIpc) is 2.28. The molecule has 0 N–H and O–H groups in total. The average molecular weight is 267 g/mol. The summed E-state index contributed by atoms with van der Waals surface area (Å²) in [6, 6.07) is 10.2. The van der Waals surface area contributed by atoms with Crippen molar-refractivity contribution >= 4 is 7.52 Å². The topological polar surface area (TPSA) is 29.5 Å². The van der Waals surface area contributed by atoms with Gasteiger partial charge in [-0.05, 0) is 32.8 Å². The fourth-order valence-electron chi connectivity index (χ4n) is 2.41. The van der Waals surface area contributed by atoms with Crippen LogP contribution in [0, 0.1) is 0 Å². The van der Waals surface area contributed by atoms with E-state index in [1.807, 2.05) is 41.9 Å². The molecule has 0 amide bonds. The molecule has 1 fully saturated rings. The molecule has 1 heterocycles. The lowest BCUT2D eigenvalue weighted by atomic mass is 10.2. The van der Waals surface area contributed by atoms with E-state index in [4.69, 9.17) is 4.52 Å². The van der Waals surface area contributed by atoms with Gasteiger partial charge in [0.05, 0.1) is 12.3 Å². The van der Waals surface area contributed by atoms with Crippen LogP contribution in [-0.4, -0.2) is 23.4 Å². The molecule has 0 aliphatic carbocycles. The third kappa shape index (κ3) is 3.03. The first-order valence-corrected chi connectivity index (χ1v) is 8.36. The van der Waals surface area contributed by atoms with E-state index < -0.39 is 7.52 Å². The maximum atomic E-state index is 13.1. The van der Waals surface area contributed by atoms with Crippen molar-refractivity contribution in [3.8, 4) is 0 Å². The van der Waals surface area contributed by atoms with E-state index in [0.29, 0.717) is 6.16 Å². The number of nitrogens with zero attached hydrogens (tertiary/aromatic N) is 1. The fourth-order valence-corrected chi connectivity index (χ4v) is 5.25. The second kappa shape index (κ2) is 5.56. The van der Waals surface area contributed by atoms with Crippen LogP contribution < -0.4 is 0 Å². The minimum absolute atomic E-state index is 0.0922. The molecule has 3 nitrogen and oxygen atoms in total. The molecule has 2 rings (SSSR count). The summed E-state index contributed by atoms with van der Waals surface area (Å²) in [6.45, 7) is 7.03. The van der Waals surface area contributed by atoms with Crippen LogP contribution in [0.3, 0.4) is 0 Å². The molecule has 18 heavy (non-hydrogen) atoms. The first kappa shape index (κ1) is 13.8. The van der Waals surface area contributed by atoms with Crippen LogP contribution in [0.5, 0.6) is 0 Å². The summed E-state index contributed by atoms with van der Waals surface area (Å²) >= 11 is 0. The van der Waals surface area contributed by atoms with Crippen molar-refractivity contribution in [1.82, 2.24) is 4.67 Å². The van der Waals surface area contributed by atoms with E-state index >= 15 is 0 Å². The van der Waals surface area contributed by atoms with Crippen molar-refractivity contribution in [2.75, 3.05) is 6.54 Å². The van der Waals surface area contributed by atoms with Gasteiger partial charge < -0.3 is 4.52 Å².